The zero-order valence-corrected chi connectivity index (χ0v) is 16.6. The Morgan fingerprint density at radius 3 is 2.63 bits per heavy atom. The Bertz CT molecular complexity index is 703. The van der Waals surface area contributed by atoms with Gasteiger partial charge in [0.15, 0.2) is 0 Å². The molecule has 148 valence electrons. The minimum atomic E-state index is -1.08. The van der Waals surface area contributed by atoms with E-state index in [4.69, 9.17) is 19.5 Å². The standard InChI is InChI=1S/C20H28N2O5/c1-20(2,3)27-19(24)22-9-8-13-10-15(25-4)11-17(26-5)18(13)16(22)7-6-14(23)12-21/h10-11,14,16,23H,6-9H2,1-5H3/t14?,16-/m0/s1. The van der Waals surface area contributed by atoms with Crippen molar-refractivity contribution in [1.29, 1.82) is 5.26 Å². The summed E-state index contributed by atoms with van der Waals surface area (Å²) in [6, 6.07) is 5.20. The summed E-state index contributed by atoms with van der Waals surface area (Å²) in [5, 5.41) is 18.6. The van der Waals surface area contributed by atoms with Crippen LogP contribution in [0.4, 0.5) is 4.79 Å². The van der Waals surface area contributed by atoms with Crippen LogP contribution < -0.4 is 9.47 Å². The van der Waals surface area contributed by atoms with E-state index in [0.29, 0.717) is 30.9 Å². The van der Waals surface area contributed by atoms with Crippen LogP contribution in [0.25, 0.3) is 0 Å². The number of methoxy groups -OCH3 is 2. The van der Waals surface area contributed by atoms with E-state index < -0.39 is 17.8 Å². The first-order valence-corrected chi connectivity index (χ1v) is 9.02. The molecular formula is C20H28N2O5. The second-order valence-electron chi connectivity index (χ2n) is 7.56. The number of benzene rings is 1. The summed E-state index contributed by atoms with van der Waals surface area (Å²) in [5.74, 6) is 1.31. The van der Waals surface area contributed by atoms with Crippen LogP contribution in [0, 0.1) is 11.3 Å². The Kier molecular flexibility index (Phi) is 6.55. The number of hydrogen-bond donors (Lipinski definition) is 1. The number of aliphatic hydroxyl groups excluding tert-OH is 1. The van der Waals surface area contributed by atoms with Crippen LogP contribution in [-0.2, 0) is 11.2 Å². The van der Waals surface area contributed by atoms with Gasteiger partial charge in [0.25, 0.3) is 0 Å². The predicted molar refractivity (Wildman–Crippen MR) is 99.8 cm³/mol. The largest absolute Gasteiger partial charge is 0.497 e. The maximum absolute atomic E-state index is 12.8. The van der Waals surface area contributed by atoms with Crippen molar-refractivity contribution in [3.8, 4) is 17.6 Å². The molecule has 0 fully saturated rings. The lowest BCUT2D eigenvalue weighted by molar-refractivity contribution is 0.0118. The number of ether oxygens (including phenoxy) is 3. The maximum atomic E-state index is 12.8. The smallest absolute Gasteiger partial charge is 0.410 e. The quantitative estimate of drug-likeness (QED) is 0.794. The van der Waals surface area contributed by atoms with Gasteiger partial charge in [-0.25, -0.2) is 4.79 Å². The molecule has 0 radical (unpaired) electrons. The van der Waals surface area contributed by atoms with Gasteiger partial charge in [0.2, 0.25) is 0 Å². The molecule has 1 aliphatic heterocycles. The summed E-state index contributed by atoms with van der Waals surface area (Å²) in [4.78, 5) is 14.4. The molecule has 1 amide bonds. The summed E-state index contributed by atoms with van der Waals surface area (Å²) in [5.41, 5.74) is 1.29. The molecule has 1 N–H and O–H groups in total. The highest BCUT2D eigenvalue weighted by atomic mass is 16.6. The number of rotatable bonds is 5. The fourth-order valence-electron chi connectivity index (χ4n) is 3.30. The van der Waals surface area contributed by atoms with Crippen LogP contribution in [0.3, 0.4) is 0 Å². The lowest BCUT2D eigenvalue weighted by atomic mass is 9.88. The van der Waals surface area contributed by atoms with Crippen molar-refractivity contribution in [3.63, 3.8) is 0 Å². The fourth-order valence-corrected chi connectivity index (χ4v) is 3.30. The highest BCUT2D eigenvalue weighted by molar-refractivity contribution is 5.70. The molecule has 2 rings (SSSR count). The van der Waals surface area contributed by atoms with Crippen molar-refractivity contribution in [2.45, 2.75) is 57.8 Å². The molecule has 1 aromatic carbocycles. The molecule has 7 nitrogen and oxygen atoms in total. The maximum Gasteiger partial charge on any atom is 0.410 e. The molecule has 0 saturated heterocycles. The lowest BCUT2D eigenvalue weighted by Gasteiger charge is -2.39. The van der Waals surface area contributed by atoms with Gasteiger partial charge in [-0.15, -0.1) is 0 Å². The normalized spacial score (nSPS) is 17.5. The van der Waals surface area contributed by atoms with Crippen molar-refractivity contribution in [2.75, 3.05) is 20.8 Å². The van der Waals surface area contributed by atoms with Gasteiger partial charge in [0, 0.05) is 18.2 Å². The highest BCUT2D eigenvalue weighted by Crippen LogP contribution is 2.42. The molecule has 7 heteroatoms. The van der Waals surface area contributed by atoms with Crippen LogP contribution in [-0.4, -0.2) is 48.6 Å². The van der Waals surface area contributed by atoms with E-state index in [1.54, 1.807) is 25.2 Å². The molecule has 0 aromatic heterocycles. The molecule has 1 aromatic rings. The van der Waals surface area contributed by atoms with Crippen molar-refractivity contribution in [3.05, 3.63) is 23.3 Å². The minimum absolute atomic E-state index is 0.245. The summed E-state index contributed by atoms with van der Waals surface area (Å²) in [6.45, 7) is 5.94. The molecule has 0 bridgehead atoms. The topological polar surface area (TPSA) is 92.0 Å². The number of carbonyl (C=O) groups excluding carboxylic acids is 1. The van der Waals surface area contributed by atoms with Crippen LogP contribution in [0.1, 0.15) is 50.8 Å². The molecule has 27 heavy (non-hydrogen) atoms. The SMILES string of the molecule is COc1cc2c(c(OC)c1)[C@H](CCC(O)C#N)N(C(=O)OC(C)(C)C)CC2. The zero-order chi connectivity index (χ0) is 20.2. The van der Waals surface area contributed by atoms with Gasteiger partial charge in [-0.1, -0.05) is 0 Å². The Morgan fingerprint density at radius 1 is 1.37 bits per heavy atom. The second-order valence-corrected chi connectivity index (χ2v) is 7.56. The first-order chi connectivity index (χ1) is 12.7. The number of hydrogen-bond acceptors (Lipinski definition) is 6. The number of fused-ring (bicyclic) bond motifs is 1. The molecular weight excluding hydrogens is 348 g/mol. The average molecular weight is 376 g/mol. The van der Waals surface area contributed by atoms with Crippen LogP contribution >= 0.6 is 0 Å². The van der Waals surface area contributed by atoms with Crippen LogP contribution in [0.5, 0.6) is 11.5 Å². The molecule has 0 saturated carbocycles. The first-order valence-electron chi connectivity index (χ1n) is 9.02. The van der Waals surface area contributed by atoms with Gasteiger partial charge in [-0.05, 0) is 51.7 Å². The Labute approximate surface area is 160 Å². The fraction of sp³-hybridized carbons (Fsp3) is 0.600. The molecule has 1 unspecified atom stereocenters. The van der Waals surface area contributed by atoms with Gasteiger partial charge < -0.3 is 24.2 Å². The second kappa shape index (κ2) is 8.49. The van der Waals surface area contributed by atoms with E-state index in [0.717, 1.165) is 11.1 Å². The third-order valence-electron chi connectivity index (χ3n) is 4.48. The van der Waals surface area contributed by atoms with Crippen molar-refractivity contribution in [1.82, 2.24) is 4.90 Å². The first kappa shape index (κ1) is 20.8. The van der Waals surface area contributed by atoms with Gasteiger partial charge in [0.05, 0.1) is 26.3 Å². The van der Waals surface area contributed by atoms with Crippen molar-refractivity contribution in [2.24, 2.45) is 0 Å². The summed E-state index contributed by atoms with van der Waals surface area (Å²) in [7, 11) is 3.17. The monoisotopic (exact) mass is 376 g/mol. The number of amides is 1. The van der Waals surface area contributed by atoms with Crippen molar-refractivity contribution >= 4 is 6.09 Å². The van der Waals surface area contributed by atoms with Gasteiger partial charge in [0.1, 0.15) is 23.2 Å². The Balaban J connectivity index is 2.43. The molecule has 2 atom stereocenters. The number of nitrogens with zero attached hydrogens (tertiary/aromatic N) is 2. The van der Waals surface area contributed by atoms with E-state index >= 15 is 0 Å². The van der Waals surface area contributed by atoms with Gasteiger partial charge in [-0.2, -0.15) is 5.26 Å². The van der Waals surface area contributed by atoms with E-state index in [1.165, 1.54) is 0 Å². The predicted octanol–water partition coefficient (Wildman–Crippen LogP) is 3.20. The molecule has 0 aliphatic carbocycles. The Morgan fingerprint density at radius 2 is 2.07 bits per heavy atom. The van der Waals surface area contributed by atoms with Crippen LogP contribution in [0.2, 0.25) is 0 Å². The molecule has 1 aliphatic rings. The minimum Gasteiger partial charge on any atom is -0.497 e. The van der Waals surface area contributed by atoms with Crippen LogP contribution in [0.15, 0.2) is 12.1 Å². The summed E-state index contributed by atoms with van der Waals surface area (Å²) in [6.07, 6.45) is -0.194. The lowest BCUT2D eigenvalue weighted by Crippen LogP contribution is -2.43. The average Bonchev–Trinajstić information content (AvgIpc) is 2.62. The van der Waals surface area contributed by atoms with Gasteiger partial charge >= 0.3 is 6.09 Å². The van der Waals surface area contributed by atoms with E-state index in [9.17, 15) is 9.90 Å². The highest BCUT2D eigenvalue weighted by Gasteiger charge is 2.36. The van der Waals surface area contributed by atoms with Crippen molar-refractivity contribution < 1.29 is 24.1 Å². The number of aliphatic hydroxyl groups is 1. The third-order valence-corrected chi connectivity index (χ3v) is 4.48. The number of nitriles is 1. The van der Waals surface area contributed by atoms with E-state index in [1.807, 2.05) is 32.9 Å². The van der Waals surface area contributed by atoms with E-state index in [-0.39, 0.29) is 12.5 Å². The summed E-state index contributed by atoms with van der Waals surface area (Å²) >= 11 is 0. The molecule has 1 heterocycles. The zero-order valence-electron chi connectivity index (χ0n) is 16.6. The third kappa shape index (κ3) is 5.04. The Hall–Kier alpha value is -2.46. The van der Waals surface area contributed by atoms with E-state index in [2.05, 4.69) is 0 Å². The number of carbonyl (C=O) groups is 1. The summed E-state index contributed by atoms with van der Waals surface area (Å²) < 4.78 is 16.5. The molecule has 0 spiro atoms. The van der Waals surface area contributed by atoms with Gasteiger partial charge in [-0.3, -0.25) is 0 Å².